The summed E-state index contributed by atoms with van der Waals surface area (Å²) >= 11 is 0. The van der Waals surface area contributed by atoms with Crippen molar-refractivity contribution in [2.45, 2.75) is 62.5 Å². The minimum absolute atomic E-state index is 0.147. The van der Waals surface area contributed by atoms with E-state index in [0.717, 1.165) is 5.57 Å². The van der Waals surface area contributed by atoms with E-state index in [-0.39, 0.29) is 19.8 Å². The van der Waals surface area contributed by atoms with Crippen LogP contribution >= 0.6 is 0 Å². The van der Waals surface area contributed by atoms with Crippen LogP contribution in [0.15, 0.2) is 11.6 Å². The molecule has 0 bridgehead atoms. The molecule has 0 aromatic heterocycles. The maximum absolute atomic E-state index is 10.1. The molecule has 0 radical (unpaired) electrons. The van der Waals surface area contributed by atoms with Gasteiger partial charge >= 0.3 is 0 Å². The van der Waals surface area contributed by atoms with Crippen LogP contribution in [0.25, 0.3) is 0 Å². The van der Waals surface area contributed by atoms with Crippen molar-refractivity contribution in [2.75, 3.05) is 26.4 Å². The van der Waals surface area contributed by atoms with Gasteiger partial charge in [0, 0.05) is 0 Å². The summed E-state index contributed by atoms with van der Waals surface area (Å²) in [6.07, 6.45) is -7.63. The van der Waals surface area contributed by atoms with Crippen molar-refractivity contribution in [3.63, 3.8) is 0 Å². The Labute approximate surface area is 151 Å². The number of hydrogen-bond acceptors (Lipinski definition) is 10. The fourth-order valence-corrected chi connectivity index (χ4v) is 2.63. The summed E-state index contributed by atoms with van der Waals surface area (Å²) in [6, 6.07) is 0. The lowest BCUT2D eigenvalue weighted by Crippen LogP contribution is -2.59. The summed E-state index contributed by atoms with van der Waals surface area (Å²) in [7, 11) is 0. The molecule has 2 rings (SSSR count). The van der Waals surface area contributed by atoms with E-state index in [1.807, 2.05) is 13.8 Å². The molecule has 6 N–H and O–H groups in total. The van der Waals surface area contributed by atoms with Crippen LogP contribution in [0.1, 0.15) is 13.8 Å². The molecule has 152 valence electrons. The van der Waals surface area contributed by atoms with Gasteiger partial charge in [0.1, 0.15) is 36.1 Å². The molecular weight excluding hydrogens is 352 g/mol. The Morgan fingerprint density at radius 3 is 2.35 bits per heavy atom. The molecule has 2 heterocycles. The van der Waals surface area contributed by atoms with Gasteiger partial charge in [-0.3, -0.25) is 0 Å². The maximum Gasteiger partial charge on any atom is 0.187 e. The van der Waals surface area contributed by atoms with E-state index < -0.39 is 55.3 Å². The lowest BCUT2D eigenvalue weighted by molar-refractivity contribution is -0.307. The third-order valence-electron chi connectivity index (χ3n) is 4.43. The van der Waals surface area contributed by atoms with Gasteiger partial charge in [-0.15, -0.1) is 0 Å². The van der Waals surface area contributed by atoms with Gasteiger partial charge in [0.05, 0.1) is 26.4 Å². The Bertz CT molecular complexity index is 482. The highest BCUT2D eigenvalue weighted by Gasteiger charge is 2.50. The van der Waals surface area contributed by atoms with Crippen LogP contribution in [0.4, 0.5) is 0 Å². The van der Waals surface area contributed by atoms with Gasteiger partial charge in [-0.1, -0.05) is 11.6 Å². The molecule has 2 fully saturated rings. The van der Waals surface area contributed by atoms with E-state index in [9.17, 15) is 25.5 Å². The zero-order valence-electron chi connectivity index (χ0n) is 14.8. The average molecular weight is 380 g/mol. The van der Waals surface area contributed by atoms with Gasteiger partial charge in [0.2, 0.25) is 0 Å². The Hall–Kier alpha value is -0.660. The van der Waals surface area contributed by atoms with Crippen LogP contribution in [-0.4, -0.2) is 106 Å². The molecule has 0 aromatic rings. The number of ether oxygens (including phenoxy) is 4. The molecule has 0 amide bonds. The third kappa shape index (κ3) is 4.78. The Kier molecular flexibility index (Phi) is 7.51. The molecule has 10 nitrogen and oxygen atoms in total. The lowest BCUT2D eigenvalue weighted by atomic mass is 9.99. The predicted octanol–water partition coefficient (Wildman–Crippen LogP) is -2.77. The Morgan fingerprint density at radius 2 is 1.77 bits per heavy atom. The van der Waals surface area contributed by atoms with Crippen molar-refractivity contribution in [2.24, 2.45) is 0 Å². The molecule has 0 spiro atoms. The molecule has 2 aliphatic rings. The standard InChI is InChI=1S/C16H28O10/c1-8(2)3-4-23-14-12(20)11(19)10(18)9(26-14)5-24-15-13(21)16(22,6-17)7-25-15/h3,9-15,17-22H,4-7H2,1-2H3/t9-,10-,11+,12-,13+,14-,15-,16-/m1/s1. The summed E-state index contributed by atoms with van der Waals surface area (Å²) in [5, 5.41) is 58.9. The van der Waals surface area contributed by atoms with Crippen LogP contribution < -0.4 is 0 Å². The van der Waals surface area contributed by atoms with E-state index >= 15 is 0 Å². The highest BCUT2D eigenvalue weighted by Crippen LogP contribution is 2.27. The minimum atomic E-state index is -1.83. The van der Waals surface area contributed by atoms with E-state index in [0.29, 0.717) is 0 Å². The number of aliphatic hydroxyl groups is 6. The predicted molar refractivity (Wildman–Crippen MR) is 85.8 cm³/mol. The maximum atomic E-state index is 10.1. The van der Waals surface area contributed by atoms with Gasteiger partial charge in [-0.05, 0) is 13.8 Å². The van der Waals surface area contributed by atoms with Crippen LogP contribution in [0.5, 0.6) is 0 Å². The highest BCUT2D eigenvalue weighted by atomic mass is 16.7. The summed E-state index contributed by atoms with van der Waals surface area (Å²) in [5.41, 5.74) is -0.831. The van der Waals surface area contributed by atoms with Gasteiger partial charge in [0.15, 0.2) is 12.6 Å². The van der Waals surface area contributed by atoms with Crippen molar-refractivity contribution in [1.29, 1.82) is 0 Å². The first-order chi connectivity index (χ1) is 12.2. The molecule has 26 heavy (non-hydrogen) atoms. The molecule has 8 atom stereocenters. The summed E-state index contributed by atoms with van der Waals surface area (Å²) in [6.45, 7) is 2.56. The second-order valence-electron chi connectivity index (χ2n) is 6.85. The van der Waals surface area contributed by atoms with Crippen molar-refractivity contribution < 1.29 is 49.6 Å². The third-order valence-corrected chi connectivity index (χ3v) is 4.43. The smallest absolute Gasteiger partial charge is 0.187 e. The topological polar surface area (TPSA) is 158 Å². The summed E-state index contributed by atoms with van der Waals surface area (Å²) in [4.78, 5) is 0. The number of hydrogen-bond donors (Lipinski definition) is 6. The lowest BCUT2D eigenvalue weighted by Gasteiger charge is -2.40. The van der Waals surface area contributed by atoms with Gasteiger partial charge in [-0.2, -0.15) is 0 Å². The Balaban J connectivity index is 1.92. The highest BCUT2D eigenvalue weighted by molar-refractivity contribution is 4.95. The van der Waals surface area contributed by atoms with E-state index in [1.54, 1.807) is 6.08 Å². The summed E-state index contributed by atoms with van der Waals surface area (Å²) in [5.74, 6) is 0. The second-order valence-corrected chi connectivity index (χ2v) is 6.85. The normalized spacial score (nSPS) is 43.5. The molecule has 0 saturated carbocycles. The molecular formula is C16H28O10. The second kappa shape index (κ2) is 9.02. The monoisotopic (exact) mass is 380 g/mol. The number of aliphatic hydroxyl groups excluding tert-OH is 5. The van der Waals surface area contributed by atoms with E-state index in [1.165, 1.54) is 0 Å². The molecule has 10 heteroatoms. The minimum Gasteiger partial charge on any atom is -0.393 e. The first-order valence-corrected chi connectivity index (χ1v) is 8.38. The molecule has 0 aromatic carbocycles. The zero-order valence-corrected chi connectivity index (χ0v) is 14.8. The number of rotatable bonds is 7. The fraction of sp³-hybridized carbons (Fsp3) is 0.875. The first kappa shape index (κ1) is 21.6. The van der Waals surface area contributed by atoms with Crippen LogP contribution in [0.2, 0.25) is 0 Å². The van der Waals surface area contributed by atoms with Crippen LogP contribution in [-0.2, 0) is 18.9 Å². The van der Waals surface area contributed by atoms with Gasteiger partial charge in [0.25, 0.3) is 0 Å². The quantitative estimate of drug-likeness (QED) is 0.255. The van der Waals surface area contributed by atoms with E-state index in [2.05, 4.69) is 0 Å². The Morgan fingerprint density at radius 1 is 1.08 bits per heavy atom. The molecule has 2 saturated heterocycles. The van der Waals surface area contributed by atoms with Crippen molar-refractivity contribution >= 4 is 0 Å². The zero-order chi connectivity index (χ0) is 19.5. The SMILES string of the molecule is CC(C)=CCO[C@@H]1O[C@H](CO[C@@H]2OC[C@](O)(CO)[C@H]2O)[C@@H](O)[C@H](O)[C@H]1O. The fourth-order valence-electron chi connectivity index (χ4n) is 2.63. The molecule has 2 aliphatic heterocycles. The summed E-state index contributed by atoms with van der Waals surface area (Å²) < 4.78 is 21.2. The largest absolute Gasteiger partial charge is 0.393 e. The van der Waals surface area contributed by atoms with Crippen molar-refractivity contribution in [3.05, 3.63) is 11.6 Å². The average Bonchev–Trinajstić information content (AvgIpc) is 2.89. The van der Waals surface area contributed by atoms with Gasteiger partial charge < -0.3 is 49.6 Å². The van der Waals surface area contributed by atoms with Crippen molar-refractivity contribution in [1.82, 2.24) is 0 Å². The number of allylic oxidation sites excluding steroid dienone is 1. The first-order valence-electron chi connectivity index (χ1n) is 8.38. The molecule has 0 aliphatic carbocycles. The van der Waals surface area contributed by atoms with E-state index in [4.69, 9.17) is 24.1 Å². The van der Waals surface area contributed by atoms with Gasteiger partial charge in [-0.25, -0.2) is 0 Å². The molecule has 0 unspecified atom stereocenters. The van der Waals surface area contributed by atoms with Crippen LogP contribution in [0, 0.1) is 0 Å². The van der Waals surface area contributed by atoms with Crippen LogP contribution in [0.3, 0.4) is 0 Å². The van der Waals surface area contributed by atoms with Crippen molar-refractivity contribution in [3.8, 4) is 0 Å².